The van der Waals surface area contributed by atoms with E-state index in [4.69, 9.17) is 4.74 Å². The first kappa shape index (κ1) is 25.5. The van der Waals surface area contributed by atoms with Crippen molar-refractivity contribution < 1.29 is 19.1 Å². The molecule has 0 spiro atoms. The summed E-state index contributed by atoms with van der Waals surface area (Å²) in [5, 5.41) is 7.60. The number of amides is 2. The fourth-order valence-corrected chi connectivity index (χ4v) is 4.88. The van der Waals surface area contributed by atoms with Gasteiger partial charge in [0, 0.05) is 21.5 Å². The number of aromatic nitrogens is 1. The lowest BCUT2D eigenvalue weighted by Gasteiger charge is -2.14. The topological polar surface area (TPSA) is 97.4 Å². The minimum absolute atomic E-state index is 0.0766. The zero-order valence-electron chi connectivity index (χ0n) is 19.3. The number of thiazole rings is 1. The second kappa shape index (κ2) is 12.3. The maximum absolute atomic E-state index is 12.8. The van der Waals surface area contributed by atoms with E-state index in [1.165, 1.54) is 23.1 Å². The number of hydrogen-bond acceptors (Lipinski definition) is 7. The zero-order valence-corrected chi connectivity index (χ0v) is 20.9. The van der Waals surface area contributed by atoms with Crippen LogP contribution in [0.2, 0.25) is 0 Å². The fourth-order valence-electron chi connectivity index (χ4n) is 3.15. The molecule has 3 rings (SSSR count). The Balaban J connectivity index is 1.61. The molecule has 0 saturated heterocycles. The molecule has 7 nitrogen and oxygen atoms in total. The molecule has 0 bridgehead atoms. The van der Waals surface area contributed by atoms with Crippen molar-refractivity contribution in [2.75, 3.05) is 17.2 Å². The van der Waals surface area contributed by atoms with Gasteiger partial charge >= 0.3 is 5.97 Å². The lowest BCUT2D eigenvalue weighted by molar-refractivity contribution is -0.142. The van der Waals surface area contributed by atoms with E-state index < -0.39 is 0 Å². The molecule has 34 heavy (non-hydrogen) atoms. The Kier molecular flexibility index (Phi) is 9.24. The molecule has 2 N–H and O–H groups in total. The van der Waals surface area contributed by atoms with Gasteiger partial charge < -0.3 is 15.4 Å². The number of carbonyl (C=O) groups excluding carboxylic acids is 3. The van der Waals surface area contributed by atoms with E-state index in [0.29, 0.717) is 35.1 Å². The van der Waals surface area contributed by atoms with Crippen LogP contribution in [0.4, 0.5) is 10.8 Å². The molecule has 0 aliphatic rings. The quantitative estimate of drug-likeness (QED) is 0.291. The summed E-state index contributed by atoms with van der Waals surface area (Å²) in [5.74, 6) is -0.687. The number of hydrogen-bond donors (Lipinski definition) is 2. The average Bonchev–Trinajstić information content (AvgIpc) is 3.24. The molecule has 1 heterocycles. The Morgan fingerprint density at radius 2 is 1.88 bits per heavy atom. The number of aryl methyl sites for hydroxylation is 1. The third-order valence-electron chi connectivity index (χ3n) is 4.84. The van der Waals surface area contributed by atoms with E-state index in [9.17, 15) is 14.4 Å². The molecule has 178 valence electrons. The van der Waals surface area contributed by atoms with Gasteiger partial charge in [0.15, 0.2) is 5.13 Å². The van der Waals surface area contributed by atoms with Gasteiger partial charge in [0.25, 0.3) is 5.91 Å². The molecular formula is C25H27N3O4S2. The predicted molar refractivity (Wildman–Crippen MR) is 137 cm³/mol. The van der Waals surface area contributed by atoms with Crippen LogP contribution in [0.3, 0.4) is 0 Å². The number of esters is 1. The van der Waals surface area contributed by atoms with Crippen LogP contribution in [0.5, 0.6) is 0 Å². The highest BCUT2D eigenvalue weighted by Crippen LogP contribution is 2.29. The van der Waals surface area contributed by atoms with Crippen molar-refractivity contribution in [3.05, 3.63) is 70.7 Å². The summed E-state index contributed by atoms with van der Waals surface area (Å²) < 4.78 is 4.93. The van der Waals surface area contributed by atoms with Crippen LogP contribution in [-0.4, -0.2) is 34.6 Å². The second-order valence-corrected chi connectivity index (χ2v) is 9.56. The van der Waals surface area contributed by atoms with Gasteiger partial charge in [0.05, 0.1) is 24.0 Å². The molecule has 1 unspecified atom stereocenters. The molecule has 9 heteroatoms. The lowest BCUT2D eigenvalue weighted by atomic mass is 10.1. The summed E-state index contributed by atoms with van der Waals surface area (Å²) in [6.07, 6.45) is 0.685. The van der Waals surface area contributed by atoms with E-state index in [0.717, 1.165) is 10.5 Å². The monoisotopic (exact) mass is 497 g/mol. The molecule has 1 aromatic heterocycles. The number of ether oxygens (including phenoxy) is 1. The second-order valence-electron chi connectivity index (χ2n) is 7.43. The average molecular weight is 498 g/mol. The number of rotatable bonds is 10. The Morgan fingerprint density at radius 3 is 2.62 bits per heavy atom. The van der Waals surface area contributed by atoms with Crippen LogP contribution in [0.25, 0.3) is 0 Å². The van der Waals surface area contributed by atoms with Gasteiger partial charge in [-0.15, -0.1) is 23.1 Å². The third-order valence-corrected chi connectivity index (χ3v) is 7.00. The van der Waals surface area contributed by atoms with Crippen LogP contribution in [0.15, 0.2) is 58.8 Å². The van der Waals surface area contributed by atoms with E-state index in [2.05, 4.69) is 15.6 Å². The predicted octanol–water partition coefficient (Wildman–Crippen LogP) is 5.32. The summed E-state index contributed by atoms with van der Waals surface area (Å²) >= 11 is 2.69. The smallest absolute Gasteiger partial charge is 0.311 e. The molecule has 1 atom stereocenters. The van der Waals surface area contributed by atoms with Gasteiger partial charge in [-0.05, 0) is 50.1 Å². The summed E-state index contributed by atoms with van der Waals surface area (Å²) in [6.45, 7) is 5.91. The molecule has 2 aromatic carbocycles. The molecule has 0 aliphatic carbocycles. The molecular weight excluding hydrogens is 470 g/mol. The first-order valence-electron chi connectivity index (χ1n) is 10.9. The van der Waals surface area contributed by atoms with Gasteiger partial charge in [-0.2, -0.15) is 0 Å². The summed E-state index contributed by atoms with van der Waals surface area (Å²) in [6, 6.07) is 14.9. The van der Waals surface area contributed by atoms with Crippen LogP contribution >= 0.6 is 23.1 Å². The fraction of sp³-hybridized carbons (Fsp3) is 0.280. The molecule has 0 radical (unpaired) electrons. The first-order valence-corrected chi connectivity index (χ1v) is 12.7. The summed E-state index contributed by atoms with van der Waals surface area (Å²) in [7, 11) is 0. The van der Waals surface area contributed by atoms with Gasteiger partial charge in [0.1, 0.15) is 0 Å². The van der Waals surface area contributed by atoms with Gasteiger partial charge in [-0.1, -0.05) is 31.2 Å². The van der Waals surface area contributed by atoms with Gasteiger partial charge in [-0.3, -0.25) is 14.4 Å². The summed E-state index contributed by atoms with van der Waals surface area (Å²) in [5.41, 5.74) is 2.76. The molecule has 0 saturated carbocycles. The van der Waals surface area contributed by atoms with Crippen molar-refractivity contribution in [2.45, 2.75) is 43.8 Å². The number of nitrogens with one attached hydrogen (secondary N) is 2. The Hall–Kier alpha value is -3.17. The van der Waals surface area contributed by atoms with Crippen molar-refractivity contribution >= 4 is 51.7 Å². The Morgan fingerprint density at radius 1 is 1.09 bits per heavy atom. The zero-order chi connectivity index (χ0) is 24.5. The lowest BCUT2D eigenvalue weighted by Crippen LogP contribution is -2.24. The number of nitrogens with zero attached hydrogens (tertiary/aromatic N) is 1. The van der Waals surface area contributed by atoms with Crippen LogP contribution in [-0.2, 0) is 20.7 Å². The van der Waals surface area contributed by atoms with Crippen molar-refractivity contribution in [3.63, 3.8) is 0 Å². The van der Waals surface area contributed by atoms with E-state index in [-0.39, 0.29) is 29.5 Å². The Labute approximate surface area is 207 Å². The highest BCUT2D eigenvalue weighted by atomic mass is 32.2. The van der Waals surface area contributed by atoms with Crippen LogP contribution in [0, 0.1) is 6.92 Å². The standard InChI is InChI=1S/C25H27N3O4S2/c1-4-21(24(31)28-25-27-18(15-33-25)14-22(29)32-5-2)34-19-11-8-10-17(13-19)26-23(30)20-12-7-6-9-16(20)3/h6-13,15,21H,4-5,14H2,1-3H3,(H,26,30)(H,27,28,31). The first-order chi connectivity index (χ1) is 16.4. The number of anilines is 2. The van der Waals surface area contributed by atoms with Crippen molar-refractivity contribution in [3.8, 4) is 0 Å². The van der Waals surface area contributed by atoms with Crippen molar-refractivity contribution in [1.29, 1.82) is 0 Å². The number of thioether (sulfide) groups is 1. The van der Waals surface area contributed by atoms with Crippen LogP contribution < -0.4 is 10.6 Å². The highest BCUT2D eigenvalue weighted by molar-refractivity contribution is 8.00. The van der Waals surface area contributed by atoms with Crippen molar-refractivity contribution in [1.82, 2.24) is 4.98 Å². The minimum atomic E-state index is -0.347. The number of carbonyl (C=O) groups is 3. The number of benzene rings is 2. The largest absolute Gasteiger partial charge is 0.466 e. The molecule has 2 amide bonds. The van der Waals surface area contributed by atoms with Gasteiger partial charge in [-0.25, -0.2) is 4.98 Å². The molecule has 0 fully saturated rings. The normalized spacial score (nSPS) is 11.5. The van der Waals surface area contributed by atoms with E-state index >= 15 is 0 Å². The minimum Gasteiger partial charge on any atom is -0.466 e. The Bertz CT molecular complexity index is 1160. The van der Waals surface area contributed by atoms with E-state index in [1.807, 2.05) is 56.3 Å². The summed E-state index contributed by atoms with van der Waals surface area (Å²) in [4.78, 5) is 42.3. The molecule has 0 aliphatic heterocycles. The van der Waals surface area contributed by atoms with Crippen molar-refractivity contribution in [2.24, 2.45) is 0 Å². The third kappa shape index (κ3) is 7.16. The van der Waals surface area contributed by atoms with Gasteiger partial charge in [0.2, 0.25) is 5.91 Å². The molecule has 3 aromatic rings. The van der Waals surface area contributed by atoms with Crippen LogP contribution in [0.1, 0.15) is 41.9 Å². The highest BCUT2D eigenvalue weighted by Gasteiger charge is 2.20. The maximum Gasteiger partial charge on any atom is 0.311 e. The van der Waals surface area contributed by atoms with E-state index in [1.54, 1.807) is 18.4 Å². The SMILES string of the molecule is CCOC(=O)Cc1csc(NC(=O)C(CC)Sc2cccc(NC(=O)c3ccccc3C)c2)n1. The maximum atomic E-state index is 12.8.